The highest BCUT2D eigenvalue weighted by molar-refractivity contribution is 6.43. The fourth-order valence-corrected chi connectivity index (χ4v) is 13.8. The molecule has 0 unspecified atom stereocenters. The van der Waals surface area contributed by atoms with Gasteiger partial charge in [-0.15, -0.1) is 0 Å². The molecule has 0 aromatic heterocycles. The highest BCUT2D eigenvalue weighted by Gasteiger charge is 2.31. The van der Waals surface area contributed by atoms with Crippen LogP contribution in [-0.4, -0.2) is 26.2 Å². The average molecular weight is 1220 g/mol. The van der Waals surface area contributed by atoms with Crippen molar-refractivity contribution >= 4 is 92.8 Å². The summed E-state index contributed by atoms with van der Waals surface area (Å²) < 4.78 is 0. The minimum atomic E-state index is 0.364. The van der Waals surface area contributed by atoms with Crippen LogP contribution in [0.1, 0.15) is 116 Å². The molecule has 0 radical (unpaired) electrons. The first-order valence-electron chi connectivity index (χ1n) is 27.7. The quantitative estimate of drug-likeness (QED) is 0.122. The van der Waals surface area contributed by atoms with Crippen molar-refractivity contribution in [2.45, 2.75) is 75.0 Å². The van der Waals surface area contributed by atoms with Crippen molar-refractivity contribution in [1.82, 2.24) is 0 Å². The Morgan fingerprint density at radius 1 is 0.263 bits per heavy atom. The molecule has 0 saturated heterocycles. The Hall–Kier alpha value is -4.08. The molecular formula is C68H68Cl8N4. The maximum absolute atomic E-state index is 6.17. The zero-order valence-corrected chi connectivity index (χ0v) is 50.7. The lowest BCUT2D eigenvalue weighted by Crippen LogP contribution is -2.25. The van der Waals surface area contributed by atoms with E-state index in [9.17, 15) is 0 Å². The molecule has 8 aromatic rings. The van der Waals surface area contributed by atoms with Gasteiger partial charge in [-0.1, -0.05) is 214 Å². The molecule has 8 N–H and O–H groups in total. The van der Waals surface area contributed by atoms with Gasteiger partial charge in [-0.2, -0.15) is 0 Å². The summed E-state index contributed by atoms with van der Waals surface area (Å²) in [6.45, 7) is 2.91. The van der Waals surface area contributed by atoms with E-state index < -0.39 is 0 Å². The van der Waals surface area contributed by atoms with E-state index in [0.717, 1.165) is 77.5 Å². The van der Waals surface area contributed by atoms with E-state index in [1.807, 2.05) is 48.5 Å². The molecule has 0 spiro atoms. The minimum Gasteiger partial charge on any atom is -0.330 e. The number of benzene rings is 8. The predicted molar refractivity (Wildman–Crippen MR) is 342 cm³/mol. The van der Waals surface area contributed by atoms with E-state index in [1.54, 1.807) is 0 Å². The number of rotatable bonds is 8. The summed E-state index contributed by atoms with van der Waals surface area (Å²) in [4.78, 5) is 0. The molecular weight excluding hydrogens is 1160 g/mol. The second kappa shape index (κ2) is 28.5. The number of hydrogen-bond acceptors (Lipinski definition) is 4. The molecule has 0 heterocycles. The van der Waals surface area contributed by atoms with Gasteiger partial charge in [-0.05, 0) is 217 Å². The normalized spacial score (nSPS) is 21.6. The molecule has 8 atom stereocenters. The van der Waals surface area contributed by atoms with Crippen LogP contribution >= 0.6 is 92.8 Å². The molecule has 0 bridgehead atoms. The summed E-state index contributed by atoms with van der Waals surface area (Å²) >= 11 is 48.8. The van der Waals surface area contributed by atoms with Gasteiger partial charge in [-0.3, -0.25) is 0 Å². The first-order chi connectivity index (χ1) is 38.7. The van der Waals surface area contributed by atoms with E-state index in [2.05, 4.69) is 121 Å². The smallest absolute Gasteiger partial charge is 0.0595 e. The first-order valence-corrected chi connectivity index (χ1v) is 30.7. The average Bonchev–Trinajstić information content (AvgIpc) is 3.54. The third-order valence-corrected chi connectivity index (χ3v) is 19.7. The molecule has 0 amide bonds. The van der Waals surface area contributed by atoms with Crippen LogP contribution in [0.4, 0.5) is 0 Å². The lowest BCUT2D eigenvalue weighted by atomic mass is 9.74. The Morgan fingerprint density at radius 3 is 0.650 bits per heavy atom. The molecule has 4 aliphatic carbocycles. The monoisotopic (exact) mass is 1220 g/mol. The van der Waals surface area contributed by atoms with Gasteiger partial charge < -0.3 is 22.9 Å². The second-order valence-electron chi connectivity index (χ2n) is 21.9. The van der Waals surface area contributed by atoms with Crippen LogP contribution in [-0.2, 0) is 25.7 Å². The topological polar surface area (TPSA) is 104 Å². The maximum atomic E-state index is 6.17. The van der Waals surface area contributed by atoms with Crippen LogP contribution in [0.25, 0.3) is 0 Å². The van der Waals surface area contributed by atoms with Gasteiger partial charge >= 0.3 is 0 Å². The van der Waals surface area contributed by atoms with Crippen molar-refractivity contribution in [3.05, 3.63) is 277 Å². The molecule has 4 aliphatic rings. The van der Waals surface area contributed by atoms with E-state index >= 15 is 0 Å². The van der Waals surface area contributed by atoms with Gasteiger partial charge in [0.05, 0.1) is 40.2 Å². The largest absolute Gasteiger partial charge is 0.330 e. The van der Waals surface area contributed by atoms with Gasteiger partial charge in [0, 0.05) is 23.7 Å². The lowest BCUT2D eigenvalue weighted by Gasteiger charge is -2.31. The SMILES string of the molecule is NC[C@@H]1Cc2ccccc2[C@@H](c2ccc(Cl)c(Cl)c2)C1.NC[C@@H]1Cc2ccccc2[C@H](c2ccc(Cl)c(Cl)c2)C1.NC[C@H]1Cc2ccccc2[C@@H](c2ccc(Cl)c(Cl)c2)C1.NC[C@H]1Cc2ccccc2[C@H](c2ccc(Cl)c(Cl)c2)C1. The van der Waals surface area contributed by atoms with E-state index in [-0.39, 0.29) is 0 Å². The van der Waals surface area contributed by atoms with Crippen molar-refractivity contribution in [3.63, 3.8) is 0 Å². The zero-order chi connectivity index (χ0) is 56.5. The van der Waals surface area contributed by atoms with Gasteiger partial charge in [0.25, 0.3) is 0 Å². The van der Waals surface area contributed by atoms with Crippen LogP contribution in [0.5, 0.6) is 0 Å². The summed E-state index contributed by atoms with van der Waals surface area (Å²) in [7, 11) is 0. The molecule has 4 nitrogen and oxygen atoms in total. The third-order valence-electron chi connectivity index (χ3n) is 16.7. The Kier molecular flexibility index (Phi) is 21.5. The van der Waals surface area contributed by atoms with Gasteiger partial charge in [0.15, 0.2) is 0 Å². The highest BCUT2D eigenvalue weighted by atomic mass is 35.5. The third kappa shape index (κ3) is 14.6. The molecule has 416 valence electrons. The molecule has 80 heavy (non-hydrogen) atoms. The number of halogens is 8. The number of hydrogen-bond donors (Lipinski definition) is 4. The van der Waals surface area contributed by atoms with Gasteiger partial charge in [0.2, 0.25) is 0 Å². The second-order valence-corrected chi connectivity index (χ2v) is 25.1. The van der Waals surface area contributed by atoms with Crippen LogP contribution in [0.3, 0.4) is 0 Å². The van der Waals surface area contributed by atoms with Crippen molar-refractivity contribution in [3.8, 4) is 0 Å². The van der Waals surface area contributed by atoms with E-state index in [1.165, 1.54) is 66.8 Å². The molecule has 12 heteroatoms. The predicted octanol–water partition coefficient (Wildman–Crippen LogP) is 18.6. The van der Waals surface area contributed by atoms with Crippen molar-refractivity contribution in [2.75, 3.05) is 26.2 Å². The van der Waals surface area contributed by atoms with Gasteiger partial charge in [-0.25, -0.2) is 0 Å². The van der Waals surface area contributed by atoms with Crippen LogP contribution in [0.15, 0.2) is 170 Å². The highest BCUT2D eigenvalue weighted by Crippen LogP contribution is 2.45. The van der Waals surface area contributed by atoms with Gasteiger partial charge in [0.1, 0.15) is 0 Å². The van der Waals surface area contributed by atoms with Crippen molar-refractivity contribution in [1.29, 1.82) is 0 Å². The lowest BCUT2D eigenvalue weighted by molar-refractivity contribution is 0.437. The summed E-state index contributed by atoms with van der Waals surface area (Å²) in [5, 5.41) is 4.91. The molecule has 12 rings (SSSR count). The molecule has 8 aromatic carbocycles. The van der Waals surface area contributed by atoms with E-state index in [4.69, 9.17) is 116 Å². The van der Waals surface area contributed by atoms with Crippen LogP contribution < -0.4 is 22.9 Å². The zero-order valence-electron chi connectivity index (χ0n) is 44.6. The fraction of sp³-hybridized carbons (Fsp3) is 0.294. The summed E-state index contributed by atoms with van der Waals surface area (Å²) in [5.41, 5.74) is 39.8. The Morgan fingerprint density at radius 2 is 0.463 bits per heavy atom. The van der Waals surface area contributed by atoms with Crippen LogP contribution in [0.2, 0.25) is 40.2 Å². The fourth-order valence-electron chi connectivity index (χ4n) is 12.6. The maximum Gasteiger partial charge on any atom is 0.0595 e. The number of nitrogens with two attached hydrogens (primary N) is 4. The Bertz CT molecular complexity index is 2940. The molecule has 0 saturated carbocycles. The van der Waals surface area contributed by atoms with Crippen molar-refractivity contribution in [2.24, 2.45) is 46.6 Å². The van der Waals surface area contributed by atoms with E-state index in [0.29, 0.717) is 87.5 Å². The first kappa shape index (κ1) is 60.5. The Balaban J connectivity index is 0.000000129. The molecule has 0 aliphatic heterocycles. The van der Waals surface area contributed by atoms with Crippen molar-refractivity contribution < 1.29 is 0 Å². The molecule has 0 fully saturated rings. The van der Waals surface area contributed by atoms with Crippen LogP contribution in [0, 0.1) is 23.7 Å². The number of fused-ring (bicyclic) bond motifs is 4. The summed E-state index contributed by atoms with van der Waals surface area (Å²) in [5.74, 6) is 3.58. The minimum absolute atomic E-state index is 0.364. The standard InChI is InChI=1S/4C17H17Cl2N/c4*18-16-6-5-13(9-17(16)19)15-8-11(10-20)7-12-3-1-2-4-14(12)15/h4*1-6,9,11,15H,7-8,10,20H2/t2*11-,15+;2*11-,15-/m1010/s1. The summed E-state index contributed by atoms with van der Waals surface area (Å²) in [6, 6.07) is 58.3. The summed E-state index contributed by atoms with van der Waals surface area (Å²) in [6.07, 6.45) is 8.60. The Labute approximate surface area is 513 Å².